The van der Waals surface area contributed by atoms with E-state index in [1.807, 2.05) is 0 Å². The SMILES string of the molecule is CC1=C(C(=O)OC(C)C)C(c2ccccc2Cl)n2c(sc(=Cc3ccc(-c4ccc([N+](=O)[O-])cc4)o3)c2=O)=N1. The van der Waals surface area contributed by atoms with Crippen molar-refractivity contribution in [3.05, 3.63) is 118 Å². The molecule has 198 valence electrons. The van der Waals surface area contributed by atoms with Crippen LogP contribution in [0.4, 0.5) is 5.69 Å². The van der Waals surface area contributed by atoms with Crippen LogP contribution < -0.4 is 14.9 Å². The summed E-state index contributed by atoms with van der Waals surface area (Å²) in [4.78, 5) is 42.4. The molecule has 39 heavy (non-hydrogen) atoms. The number of halogens is 1. The predicted octanol–water partition coefficient (Wildman–Crippen LogP) is 5.01. The van der Waals surface area contributed by atoms with Crippen LogP contribution >= 0.6 is 22.9 Å². The number of hydrogen-bond acceptors (Lipinski definition) is 8. The summed E-state index contributed by atoms with van der Waals surface area (Å²) in [6, 6.07) is 15.6. The zero-order chi connectivity index (χ0) is 27.8. The number of esters is 1. The fourth-order valence-electron chi connectivity index (χ4n) is 4.31. The van der Waals surface area contributed by atoms with Gasteiger partial charge in [0.1, 0.15) is 17.6 Å². The summed E-state index contributed by atoms with van der Waals surface area (Å²) in [6.07, 6.45) is 1.24. The van der Waals surface area contributed by atoms with Gasteiger partial charge in [0.2, 0.25) is 0 Å². The Hall–Kier alpha value is -4.28. The van der Waals surface area contributed by atoms with E-state index >= 15 is 0 Å². The molecule has 1 atom stereocenters. The van der Waals surface area contributed by atoms with Crippen LogP contribution in [0.3, 0.4) is 0 Å². The Morgan fingerprint density at radius 2 is 1.90 bits per heavy atom. The summed E-state index contributed by atoms with van der Waals surface area (Å²) in [5, 5.41) is 11.3. The molecule has 0 N–H and O–H groups in total. The summed E-state index contributed by atoms with van der Waals surface area (Å²) in [6.45, 7) is 5.21. The van der Waals surface area contributed by atoms with Crippen LogP contribution in [0.1, 0.15) is 38.1 Å². The summed E-state index contributed by atoms with van der Waals surface area (Å²) in [5.74, 6) is 0.342. The molecule has 0 saturated carbocycles. The summed E-state index contributed by atoms with van der Waals surface area (Å²) >= 11 is 7.71. The van der Waals surface area contributed by atoms with E-state index in [9.17, 15) is 19.7 Å². The number of allylic oxidation sites excluding steroid dienone is 1. The largest absolute Gasteiger partial charge is 0.459 e. The van der Waals surface area contributed by atoms with Crippen molar-refractivity contribution in [2.75, 3.05) is 0 Å². The molecule has 0 spiro atoms. The van der Waals surface area contributed by atoms with Crippen LogP contribution in [0.25, 0.3) is 17.4 Å². The third-order valence-corrected chi connectivity index (χ3v) is 7.37. The number of non-ortho nitro benzene ring substituents is 1. The second kappa shape index (κ2) is 10.5. The zero-order valence-electron chi connectivity index (χ0n) is 21.1. The van der Waals surface area contributed by atoms with Crippen molar-refractivity contribution in [1.29, 1.82) is 0 Å². The third kappa shape index (κ3) is 5.08. The number of furan rings is 1. The van der Waals surface area contributed by atoms with Crippen molar-refractivity contribution >= 4 is 40.7 Å². The average Bonchev–Trinajstić information content (AvgIpc) is 3.47. The monoisotopic (exact) mass is 563 g/mol. The molecule has 1 aliphatic heterocycles. The lowest BCUT2D eigenvalue weighted by Gasteiger charge is -2.26. The minimum absolute atomic E-state index is 0.0216. The van der Waals surface area contributed by atoms with Gasteiger partial charge in [-0.3, -0.25) is 19.5 Å². The van der Waals surface area contributed by atoms with Crippen LogP contribution in [0, 0.1) is 10.1 Å². The second-order valence-corrected chi connectivity index (χ2v) is 10.5. The summed E-state index contributed by atoms with van der Waals surface area (Å²) < 4.78 is 13.2. The predicted molar refractivity (Wildman–Crippen MR) is 147 cm³/mol. The molecule has 9 nitrogen and oxygen atoms in total. The molecule has 5 rings (SSSR count). The molecule has 0 aliphatic carbocycles. The van der Waals surface area contributed by atoms with Crippen molar-refractivity contribution in [1.82, 2.24) is 4.57 Å². The molecule has 2 aromatic carbocycles. The molecule has 3 heterocycles. The normalized spacial score (nSPS) is 15.3. The number of carbonyl (C=O) groups is 1. The second-order valence-electron chi connectivity index (χ2n) is 9.06. The first-order valence-corrected chi connectivity index (χ1v) is 13.2. The van der Waals surface area contributed by atoms with Crippen molar-refractivity contribution in [3.8, 4) is 11.3 Å². The van der Waals surface area contributed by atoms with E-state index in [2.05, 4.69) is 4.99 Å². The molecule has 11 heteroatoms. The van der Waals surface area contributed by atoms with Crippen LogP contribution in [0.5, 0.6) is 0 Å². The van der Waals surface area contributed by atoms with Crippen LogP contribution in [-0.4, -0.2) is 21.6 Å². The first-order chi connectivity index (χ1) is 18.6. The Kier molecular flexibility index (Phi) is 7.07. The molecule has 0 bridgehead atoms. The Labute approximate surface area is 231 Å². The summed E-state index contributed by atoms with van der Waals surface area (Å²) in [5.41, 5.74) is 1.54. The number of nitro benzene ring substituents is 1. The van der Waals surface area contributed by atoms with E-state index in [1.165, 1.54) is 28.0 Å². The number of ether oxygens (including phenoxy) is 1. The molecule has 1 aliphatic rings. The number of aromatic nitrogens is 1. The summed E-state index contributed by atoms with van der Waals surface area (Å²) in [7, 11) is 0. The van der Waals surface area contributed by atoms with E-state index in [0.717, 1.165) is 0 Å². The number of carbonyl (C=O) groups excluding carboxylic acids is 1. The highest BCUT2D eigenvalue weighted by molar-refractivity contribution is 7.07. The molecule has 0 amide bonds. The van der Waals surface area contributed by atoms with Gasteiger partial charge in [0.15, 0.2) is 4.80 Å². The molecular formula is C28H22ClN3O6S. The van der Waals surface area contributed by atoms with Crippen molar-refractivity contribution in [3.63, 3.8) is 0 Å². The van der Waals surface area contributed by atoms with Gasteiger partial charge < -0.3 is 9.15 Å². The van der Waals surface area contributed by atoms with Crippen LogP contribution in [0.15, 0.2) is 86.1 Å². The maximum Gasteiger partial charge on any atom is 0.338 e. The molecule has 0 saturated heterocycles. The smallest absolute Gasteiger partial charge is 0.338 e. The maximum atomic E-state index is 13.7. The molecule has 1 unspecified atom stereocenters. The fourth-order valence-corrected chi connectivity index (χ4v) is 5.58. The first-order valence-electron chi connectivity index (χ1n) is 12.0. The average molecular weight is 564 g/mol. The third-order valence-electron chi connectivity index (χ3n) is 6.05. The maximum absolute atomic E-state index is 13.7. The highest BCUT2D eigenvalue weighted by atomic mass is 35.5. The van der Waals surface area contributed by atoms with Gasteiger partial charge >= 0.3 is 5.97 Å². The van der Waals surface area contributed by atoms with Gasteiger partial charge in [-0.25, -0.2) is 9.79 Å². The van der Waals surface area contributed by atoms with Crippen molar-refractivity contribution < 1.29 is 18.9 Å². The number of nitro groups is 1. The van der Waals surface area contributed by atoms with E-state index in [1.54, 1.807) is 75.4 Å². The first kappa shape index (κ1) is 26.3. The van der Waals surface area contributed by atoms with Gasteiger partial charge in [-0.2, -0.15) is 0 Å². The number of benzene rings is 2. The van der Waals surface area contributed by atoms with E-state index in [0.29, 0.717) is 42.7 Å². The van der Waals surface area contributed by atoms with Gasteiger partial charge in [-0.1, -0.05) is 41.1 Å². The zero-order valence-corrected chi connectivity index (χ0v) is 22.7. The highest BCUT2D eigenvalue weighted by Gasteiger charge is 2.34. The van der Waals surface area contributed by atoms with Crippen LogP contribution in [0.2, 0.25) is 5.02 Å². The molecule has 0 fully saturated rings. The lowest BCUT2D eigenvalue weighted by Crippen LogP contribution is -2.40. The highest BCUT2D eigenvalue weighted by Crippen LogP contribution is 2.34. The number of thiazole rings is 1. The molecule has 2 aromatic heterocycles. The topological polar surface area (TPSA) is 117 Å². The Morgan fingerprint density at radius 1 is 1.18 bits per heavy atom. The molecular weight excluding hydrogens is 542 g/mol. The van der Waals surface area contributed by atoms with E-state index in [4.69, 9.17) is 20.8 Å². The van der Waals surface area contributed by atoms with Crippen LogP contribution in [-0.2, 0) is 9.53 Å². The Bertz CT molecular complexity index is 1810. The van der Waals surface area contributed by atoms with E-state index < -0.39 is 16.9 Å². The van der Waals surface area contributed by atoms with Gasteiger partial charge in [-0.15, -0.1) is 0 Å². The van der Waals surface area contributed by atoms with Gasteiger partial charge in [-0.05, 0) is 56.7 Å². The van der Waals surface area contributed by atoms with Crippen molar-refractivity contribution in [2.24, 2.45) is 4.99 Å². The van der Waals surface area contributed by atoms with E-state index in [-0.39, 0.29) is 22.9 Å². The minimum atomic E-state index is -0.823. The fraction of sp³-hybridized carbons (Fsp3) is 0.179. The number of fused-ring (bicyclic) bond motifs is 1. The molecule has 0 radical (unpaired) electrons. The lowest BCUT2D eigenvalue weighted by atomic mass is 9.96. The quantitative estimate of drug-likeness (QED) is 0.185. The minimum Gasteiger partial charge on any atom is -0.459 e. The van der Waals surface area contributed by atoms with Gasteiger partial charge in [0.05, 0.1) is 26.8 Å². The van der Waals surface area contributed by atoms with Gasteiger partial charge in [0.25, 0.3) is 11.2 Å². The molecule has 4 aromatic rings. The lowest BCUT2D eigenvalue weighted by molar-refractivity contribution is -0.384. The Morgan fingerprint density at radius 3 is 2.56 bits per heavy atom. The number of nitrogens with zero attached hydrogens (tertiary/aromatic N) is 3. The standard InChI is InChI=1S/C28H22ClN3O6S/c1-15(2)37-27(34)24-16(3)30-28-31(25(24)20-6-4-5-7-21(20)29)26(33)23(39-28)14-19-12-13-22(38-19)17-8-10-18(11-9-17)32(35)36/h4-15,25H,1-3H3. The van der Waals surface area contributed by atoms with Crippen molar-refractivity contribution in [2.45, 2.75) is 32.9 Å². The Balaban J connectivity index is 1.61. The number of hydrogen-bond donors (Lipinski definition) is 0. The number of rotatable bonds is 6. The van der Waals surface area contributed by atoms with Gasteiger partial charge in [0, 0.05) is 28.8 Å².